The van der Waals surface area contributed by atoms with E-state index < -0.39 is 0 Å². The van der Waals surface area contributed by atoms with E-state index in [2.05, 4.69) is 31.2 Å². The Labute approximate surface area is 122 Å². The largest absolute Gasteiger partial charge is 0.373 e. The molecule has 0 amide bonds. The molecule has 2 N–H and O–H groups in total. The number of benzene rings is 1. The molecule has 110 valence electrons. The van der Waals surface area contributed by atoms with Crippen molar-refractivity contribution in [1.29, 1.82) is 0 Å². The molecule has 1 unspecified atom stereocenters. The Morgan fingerprint density at radius 2 is 2.00 bits per heavy atom. The normalized spacial score (nSPS) is 33.7. The van der Waals surface area contributed by atoms with Crippen LogP contribution in [0.3, 0.4) is 0 Å². The van der Waals surface area contributed by atoms with Crippen LogP contribution in [0.15, 0.2) is 24.3 Å². The summed E-state index contributed by atoms with van der Waals surface area (Å²) in [6.45, 7) is 3.14. The summed E-state index contributed by atoms with van der Waals surface area (Å²) in [6.07, 6.45) is 8.45. The number of hydrogen-bond acceptors (Lipinski definition) is 2. The van der Waals surface area contributed by atoms with Crippen molar-refractivity contribution in [3.05, 3.63) is 35.4 Å². The monoisotopic (exact) mass is 273 g/mol. The molecule has 1 fully saturated rings. The molecule has 1 aromatic carbocycles. The van der Waals surface area contributed by atoms with Crippen LogP contribution in [-0.2, 0) is 11.2 Å². The molecule has 2 aliphatic rings. The van der Waals surface area contributed by atoms with Gasteiger partial charge in [-0.2, -0.15) is 0 Å². The molecule has 1 atom stereocenters. The lowest BCUT2D eigenvalue weighted by molar-refractivity contribution is 0.0129. The fourth-order valence-electron chi connectivity index (χ4n) is 3.88. The smallest absolute Gasteiger partial charge is 0.0845 e. The van der Waals surface area contributed by atoms with Gasteiger partial charge in [-0.3, -0.25) is 0 Å². The predicted octanol–water partition coefficient (Wildman–Crippen LogP) is 3.99. The summed E-state index contributed by atoms with van der Waals surface area (Å²) < 4.78 is 6.05. The van der Waals surface area contributed by atoms with Gasteiger partial charge in [-0.05, 0) is 55.6 Å². The summed E-state index contributed by atoms with van der Waals surface area (Å²) in [5.41, 5.74) is 9.50. The van der Waals surface area contributed by atoms with Crippen molar-refractivity contribution in [2.75, 3.05) is 6.61 Å². The molecule has 20 heavy (non-hydrogen) atoms. The Kier molecular flexibility index (Phi) is 4.13. The van der Waals surface area contributed by atoms with E-state index in [0.717, 1.165) is 38.2 Å². The zero-order chi connectivity index (χ0) is 14.0. The molecule has 0 aromatic heterocycles. The van der Waals surface area contributed by atoms with Crippen LogP contribution in [0.4, 0.5) is 0 Å². The van der Waals surface area contributed by atoms with Crippen molar-refractivity contribution in [3.63, 3.8) is 0 Å². The van der Waals surface area contributed by atoms with Crippen LogP contribution in [0, 0.1) is 5.92 Å². The second kappa shape index (κ2) is 5.87. The first-order valence-corrected chi connectivity index (χ1v) is 8.18. The van der Waals surface area contributed by atoms with Gasteiger partial charge in [0, 0.05) is 5.54 Å². The van der Waals surface area contributed by atoms with Gasteiger partial charge in [-0.25, -0.2) is 0 Å². The zero-order valence-corrected chi connectivity index (χ0v) is 12.6. The van der Waals surface area contributed by atoms with Crippen molar-refractivity contribution >= 4 is 0 Å². The molecule has 0 saturated heterocycles. The summed E-state index contributed by atoms with van der Waals surface area (Å²) >= 11 is 0. The first-order valence-electron chi connectivity index (χ1n) is 8.18. The fraction of sp³-hybridized carbons (Fsp3) is 0.667. The van der Waals surface area contributed by atoms with Gasteiger partial charge in [0.2, 0.25) is 0 Å². The molecule has 3 rings (SSSR count). The van der Waals surface area contributed by atoms with Gasteiger partial charge in [0.25, 0.3) is 0 Å². The van der Waals surface area contributed by atoms with Gasteiger partial charge in [-0.15, -0.1) is 0 Å². The van der Waals surface area contributed by atoms with Gasteiger partial charge in [0.15, 0.2) is 0 Å². The van der Waals surface area contributed by atoms with Crippen molar-refractivity contribution in [3.8, 4) is 0 Å². The van der Waals surface area contributed by atoms with Gasteiger partial charge in [0.1, 0.15) is 0 Å². The number of ether oxygens (including phenoxy) is 1. The van der Waals surface area contributed by atoms with Gasteiger partial charge >= 0.3 is 0 Å². The molecule has 0 spiro atoms. The second-order valence-electron chi connectivity index (χ2n) is 6.73. The van der Waals surface area contributed by atoms with Crippen molar-refractivity contribution in [2.24, 2.45) is 11.7 Å². The Bertz CT molecular complexity index is 448. The van der Waals surface area contributed by atoms with Gasteiger partial charge in [0.05, 0.1) is 12.7 Å². The molecule has 1 heterocycles. The quantitative estimate of drug-likeness (QED) is 0.903. The highest BCUT2D eigenvalue weighted by Crippen LogP contribution is 2.40. The molecule has 0 radical (unpaired) electrons. The lowest BCUT2D eigenvalue weighted by Crippen LogP contribution is -2.45. The Morgan fingerprint density at radius 1 is 1.25 bits per heavy atom. The maximum atomic E-state index is 6.68. The number of hydrogen-bond donors (Lipinski definition) is 1. The van der Waals surface area contributed by atoms with E-state index in [1.54, 1.807) is 0 Å². The molecular weight excluding hydrogens is 246 g/mol. The average molecular weight is 273 g/mol. The summed E-state index contributed by atoms with van der Waals surface area (Å²) in [6, 6.07) is 8.71. The third kappa shape index (κ3) is 2.91. The first kappa shape index (κ1) is 14.1. The van der Waals surface area contributed by atoms with Gasteiger partial charge < -0.3 is 10.5 Å². The van der Waals surface area contributed by atoms with Gasteiger partial charge in [-0.1, -0.05) is 37.6 Å². The third-order valence-corrected chi connectivity index (χ3v) is 5.36. The van der Waals surface area contributed by atoms with Crippen LogP contribution in [0.25, 0.3) is 0 Å². The van der Waals surface area contributed by atoms with Crippen LogP contribution in [-0.4, -0.2) is 12.1 Å². The summed E-state index contributed by atoms with van der Waals surface area (Å²) in [5.74, 6) is 0.895. The molecule has 2 nitrogen and oxygen atoms in total. The topological polar surface area (TPSA) is 35.2 Å². The van der Waals surface area contributed by atoms with Crippen molar-refractivity contribution in [1.82, 2.24) is 0 Å². The minimum atomic E-state index is -0.0131. The van der Waals surface area contributed by atoms with E-state index in [1.165, 1.54) is 30.4 Å². The van der Waals surface area contributed by atoms with E-state index in [-0.39, 0.29) is 11.6 Å². The van der Waals surface area contributed by atoms with Crippen LogP contribution in [0.2, 0.25) is 0 Å². The fourth-order valence-corrected chi connectivity index (χ4v) is 3.88. The molecule has 1 saturated carbocycles. The maximum absolute atomic E-state index is 6.68. The van der Waals surface area contributed by atoms with Crippen LogP contribution in [0.5, 0.6) is 0 Å². The highest BCUT2D eigenvalue weighted by molar-refractivity contribution is 5.31. The van der Waals surface area contributed by atoms with Crippen LogP contribution < -0.4 is 5.73 Å². The first-order chi connectivity index (χ1) is 9.70. The Balaban J connectivity index is 1.69. The molecule has 1 aliphatic heterocycles. The second-order valence-corrected chi connectivity index (χ2v) is 6.73. The zero-order valence-electron chi connectivity index (χ0n) is 12.6. The highest BCUT2D eigenvalue weighted by atomic mass is 16.5. The van der Waals surface area contributed by atoms with E-state index in [9.17, 15) is 0 Å². The molecule has 0 bridgehead atoms. The Hall–Kier alpha value is -0.860. The van der Waals surface area contributed by atoms with Crippen molar-refractivity contribution < 1.29 is 4.74 Å². The molecule has 2 heteroatoms. The predicted molar refractivity (Wildman–Crippen MR) is 82.6 cm³/mol. The minimum absolute atomic E-state index is 0.0131. The van der Waals surface area contributed by atoms with Crippen LogP contribution in [0.1, 0.15) is 62.7 Å². The standard InChI is InChI=1S/C18H27NO/c1-2-14-7-10-18(19,11-8-14)13-17-16-6-4-3-5-15(16)9-12-20-17/h3-6,14,17H,2,7-13,19H2,1H3. The molecule has 1 aliphatic carbocycles. The lowest BCUT2D eigenvalue weighted by Gasteiger charge is -2.40. The lowest BCUT2D eigenvalue weighted by atomic mass is 9.72. The summed E-state index contributed by atoms with van der Waals surface area (Å²) in [4.78, 5) is 0. The number of nitrogens with two attached hydrogens (primary N) is 1. The molecular formula is C18H27NO. The summed E-state index contributed by atoms with van der Waals surface area (Å²) in [7, 11) is 0. The van der Waals surface area contributed by atoms with E-state index in [0.29, 0.717) is 0 Å². The minimum Gasteiger partial charge on any atom is -0.373 e. The maximum Gasteiger partial charge on any atom is 0.0845 e. The molecule has 1 aromatic rings. The number of rotatable bonds is 3. The Morgan fingerprint density at radius 3 is 2.75 bits per heavy atom. The third-order valence-electron chi connectivity index (χ3n) is 5.36. The SMILES string of the molecule is CCC1CCC(N)(CC2OCCc3ccccc32)CC1. The average Bonchev–Trinajstić information content (AvgIpc) is 2.48. The van der Waals surface area contributed by atoms with E-state index in [1.807, 2.05) is 0 Å². The van der Waals surface area contributed by atoms with Crippen LogP contribution >= 0.6 is 0 Å². The van der Waals surface area contributed by atoms with E-state index >= 15 is 0 Å². The summed E-state index contributed by atoms with van der Waals surface area (Å²) in [5, 5.41) is 0. The van der Waals surface area contributed by atoms with E-state index in [4.69, 9.17) is 10.5 Å². The highest BCUT2D eigenvalue weighted by Gasteiger charge is 2.35. The number of fused-ring (bicyclic) bond motifs is 1. The van der Waals surface area contributed by atoms with Crippen molar-refractivity contribution in [2.45, 2.75) is 63.5 Å².